The minimum Gasteiger partial charge on any atom is -0.494 e. The Morgan fingerprint density at radius 3 is 2.85 bits per heavy atom. The highest BCUT2D eigenvalue weighted by Gasteiger charge is 2.40. The van der Waals surface area contributed by atoms with Crippen LogP contribution in [0.1, 0.15) is 42.6 Å². The van der Waals surface area contributed by atoms with Crippen LogP contribution in [0.15, 0.2) is 48.5 Å². The quantitative estimate of drug-likeness (QED) is 0.747. The molecule has 3 aromatic rings. The van der Waals surface area contributed by atoms with Gasteiger partial charge in [-0.3, -0.25) is 4.79 Å². The largest absolute Gasteiger partial charge is 0.494 e. The third-order valence-corrected chi connectivity index (χ3v) is 5.73. The van der Waals surface area contributed by atoms with Gasteiger partial charge >= 0.3 is 0 Å². The number of aromatic amines is 1. The summed E-state index contributed by atoms with van der Waals surface area (Å²) >= 11 is 0. The second kappa shape index (κ2) is 6.45. The van der Waals surface area contributed by atoms with Crippen LogP contribution in [0.5, 0.6) is 5.75 Å². The fourth-order valence-corrected chi connectivity index (χ4v) is 4.33. The Bertz CT molecular complexity index is 1000. The van der Waals surface area contributed by atoms with E-state index in [4.69, 9.17) is 4.74 Å². The molecule has 1 fully saturated rings. The molecule has 5 rings (SSSR count). The number of fused-ring (bicyclic) bond motifs is 3. The smallest absolute Gasteiger partial charge is 0.226 e. The van der Waals surface area contributed by atoms with E-state index in [0.717, 1.165) is 48.3 Å². The Kier molecular flexibility index (Phi) is 3.92. The summed E-state index contributed by atoms with van der Waals surface area (Å²) in [4.78, 5) is 18.8. The third kappa shape index (κ3) is 2.80. The van der Waals surface area contributed by atoms with E-state index >= 15 is 0 Å². The number of H-pyrrole nitrogens is 1. The SMILES string of the molecule is CCOc1cccc([C@H]2c3[nH]c4ccccc4c3CCN2C(=O)C2CC2)c1. The van der Waals surface area contributed by atoms with Crippen molar-refractivity contribution in [3.05, 3.63) is 65.4 Å². The molecule has 2 heterocycles. The lowest BCUT2D eigenvalue weighted by atomic mass is 9.92. The summed E-state index contributed by atoms with van der Waals surface area (Å²) in [5.41, 5.74) is 4.76. The van der Waals surface area contributed by atoms with Crippen LogP contribution in [-0.4, -0.2) is 28.9 Å². The molecule has 0 spiro atoms. The first-order valence-corrected chi connectivity index (χ1v) is 9.89. The molecule has 0 saturated heterocycles. The molecule has 4 nitrogen and oxygen atoms in total. The van der Waals surface area contributed by atoms with Gasteiger partial charge in [0.15, 0.2) is 0 Å². The van der Waals surface area contributed by atoms with E-state index in [2.05, 4.69) is 46.3 Å². The minimum absolute atomic E-state index is 0.0744. The monoisotopic (exact) mass is 360 g/mol. The van der Waals surface area contributed by atoms with Crippen LogP contribution >= 0.6 is 0 Å². The Hall–Kier alpha value is -2.75. The topological polar surface area (TPSA) is 45.3 Å². The average molecular weight is 360 g/mol. The number of nitrogens with zero attached hydrogens (tertiary/aromatic N) is 1. The molecule has 2 aromatic carbocycles. The number of hydrogen-bond donors (Lipinski definition) is 1. The normalized spacial score (nSPS) is 19.1. The summed E-state index contributed by atoms with van der Waals surface area (Å²) in [7, 11) is 0. The number of ether oxygens (including phenoxy) is 1. The highest BCUT2D eigenvalue weighted by Crippen LogP contribution is 2.42. The van der Waals surface area contributed by atoms with Crippen molar-refractivity contribution in [1.82, 2.24) is 9.88 Å². The molecule has 1 aliphatic heterocycles. The van der Waals surface area contributed by atoms with E-state index in [1.807, 2.05) is 19.1 Å². The summed E-state index contributed by atoms with van der Waals surface area (Å²) in [6.45, 7) is 3.40. The van der Waals surface area contributed by atoms with Crippen molar-refractivity contribution in [2.75, 3.05) is 13.2 Å². The highest BCUT2D eigenvalue weighted by atomic mass is 16.5. The zero-order valence-corrected chi connectivity index (χ0v) is 15.6. The summed E-state index contributed by atoms with van der Waals surface area (Å²) in [5, 5.41) is 1.27. The average Bonchev–Trinajstić information content (AvgIpc) is 3.47. The third-order valence-electron chi connectivity index (χ3n) is 5.73. The number of carbonyl (C=O) groups is 1. The number of rotatable bonds is 4. The molecule has 2 aliphatic rings. The van der Waals surface area contributed by atoms with Gasteiger partial charge in [-0.25, -0.2) is 0 Å². The van der Waals surface area contributed by atoms with Crippen molar-refractivity contribution in [1.29, 1.82) is 0 Å². The van der Waals surface area contributed by atoms with Gasteiger partial charge in [-0.2, -0.15) is 0 Å². The van der Waals surface area contributed by atoms with Crippen LogP contribution < -0.4 is 4.74 Å². The van der Waals surface area contributed by atoms with Gasteiger partial charge in [0, 0.05) is 29.1 Å². The molecular formula is C23H24N2O2. The van der Waals surface area contributed by atoms with Crippen LogP contribution in [-0.2, 0) is 11.2 Å². The van der Waals surface area contributed by atoms with Gasteiger partial charge in [0.1, 0.15) is 5.75 Å². The van der Waals surface area contributed by atoms with Gasteiger partial charge in [-0.15, -0.1) is 0 Å². The van der Waals surface area contributed by atoms with E-state index in [1.165, 1.54) is 10.9 Å². The Balaban J connectivity index is 1.65. The van der Waals surface area contributed by atoms with E-state index in [-0.39, 0.29) is 12.0 Å². The summed E-state index contributed by atoms with van der Waals surface area (Å²) < 4.78 is 5.73. The molecule has 1 saturated carbocycles. The predicted octanol–water partition coefficient (Wildman–Crippen LogP) is 4.45. The summed E-state index contributed by atoms with van der Waals surface area (Å²) in [6.07, 6.45) is 2.96. The molecule has 4 heteroatoms. The number of benzene rings is 2. The number of para-hydroxylation sites is 1. The predicted molar refractivity (Wildman–Crippen MR) is 106 cm³/mol. The Morgan fingerprint density at radius 1 is 1.19 bits per heavy atom. The van der Waals surface area contributed by atoms with Gasteiger partial charge in [-0.1, -0.05) is 30.3 Å². The van der Waals surface area contributed by atoms with Gasteiger partial charge in [0.2, 0.25) is 5.91 Å². The van der Waals surface area contributed by atoms with Crippen molar-refractivity contribution in [2.24, 2.45) is 5.92 Å². The molecule has 1 amide bonds. The first kappa shape index (κ1) is 16.4. The van der Waals surface area contributed by atoms with Crippen LogP contribution in [0.2, 0.25) is 0 Å². The first-order chi connectivity index (χ1) is 13.3. The second-order valence-electron chi connectivity index (χ2n) is 7.53. The highest BCUT2D eigenvalue weighted by molar-refractivity contribution is 5.87. The van der Waals surface area contributed by atoms with Crippen molar-refractivity contribution in [2.45, 2.75) is 32.2 Å². The van der Waals surface area contributed by atoms with Crippen molar-refractivity contribution in [3.8, 4) is 5.75 Å². The fraction of sp³-hybridized carbons (Fsp3) is 0.348. The maximum atomic E-state index is 13.1. The van der Waals surface area contributed by atoms with E-state index < -0.39 is 0 Å². The number of amides is 1. The number of nitrogens with one attached hydrogen (secondary N) is 1. The van der Waals surface area contributed by atoms with Crippen molar-refractivity contribution < 1.29 is 9.53 Å². The molecular weight excluding hydrogens is 336 g/mol. The Morgan fingerprint density at radius 2 is 2.04 bits per heavy atom. The molecule has 138 valence electrons. The van der Waals surface area contributed by atoms with Crippen LogP contribution in [0.4, 0.5) is 0 Å². The molecule has 1 aromatic heterocycles. The first-order valence-electron chi connectivity index (χ1n) is 9.89. The number of carbonyl (C=O) groups excluding carboxylic acids is 1. The zero-order chi connectivity index (χ0) is 18.4. The van der Waals surface area contributed by atoms with Crippen LogP contribution in [0.3, 0.4) is 0 Å². The fourth-order valence-electron chi connectivity index (χ4n) is 4.33. The lowest BCUT2D eigenvalue weighted by molar-refractivity contribution is -0.134. The number of hydrogen-bond acceptors (Lipinski definition) is 2. The van der Waals surface area contributed by atoms with Gasteiger partial charge in [-0.05, 0) is 55.5 Å². The maximum Gasteiger partial charge on any atom is 0.226 e. The van der Waals surface area contributed by atoms with Gasteiger partial charge in [0.25, 0.3) is 0 Å². The lowest BCUT2D eigenvalue weighted by Crippen LogP contribution is -2.41. The van der Waals surface area contributed by atoms with Crippen LogP contribution in [0, 0.1) is 5.92 Å². The molecule has 1 aliphatic carbocycles. The van der Waals surface area contributed by atoms with Crippen molar-refractivity contribution in [3.63, 3.8) is 0 Å². The standard InChI is InChI=1S/C23H24N2O2/c1-2-27-17-7-5-6-16(14-17)22-21-19(18-8-3-4-9-20(18)24-21)12-13-25(22)23(26)15-10-11-15/h3-9,14-15,22,24H,2,10-13H2,1H3/t22-/m0/s1. The van der Waals surface area contributed by atoms with E-state index in [9.17, 15) is 4.79 Å². The zero-order valence-electron chi connectivity index (χ0n) is 15.6. The summed E-state index contributed by atoms with van der Waals surface area (Å²) in [5.74, 6) is 1.37. The van der Waals surface area contributed by atoms with Crippen LogP contribution in [0.25, 0.3) is 10.9 Å². The van der Waals surface area contributed by atoms with Crippen molar-refractivity contribution >= 4 is 16.8 Å². The second-order valence-corrected chi connectivity index (χ2v) is 7.53. The molecule has 0 radical (unpaired) electrons. The lowest BCUT2D eigenvalue weighted by Gasteiger charge is -2.36. The number of aromatic nitrogens is 1. The van der Waals surface area contributed by atoms with E-state index in [1.54, 1.807) is 0 Å². The van der Waals surface area contributed by atoms with Gasteiger partial charge in [0.05, 0.1) is 12.6 Å². The van der Waals surface area contributed by atoms with Gasteiger partial charge < -0.3 is 14.6 Å². The minimum atomic E-state index is -0.0744. The molecule has 0 unspecified atom stereocenters. The van der Waals surface area contributed by atoms with E-state index in [0.29, 0.717) is 12.5 Å². The summed E-state index contributed by atoms with van der Waals surface area (Å²) in [6, 6.07) is 16.6. The molecule has 0 bridgehead atoms. The molecule has 1 atom stereocenters. The molecule has 27 heavy (non-hydrogen) atoms. The maximum absolute atomic E-state index is 13.1. The molecule has 1 N–H and O–H groups in total. The Labute approximate surface area is 159 Å².